The maximum atomic E-state index is 11.5. The third-order valence-electron chi connectivity index (χ3n) is 3.94. The van der Waals surface area contributed by atoms with Crippen molar-refractivity contribution in [3.63, 3.8) is 0 Å². The van der Waals surface area contributed by atoms with Gasteiger partial charge >= 0.3 is 0 Å². The van der Waals surface area contributed by atoms with Crippen molar-refractivity contribution in [2.75, 3.05) is 0 Å². The second kappa shape index (κ2) is 1.88. The smallest absolute Gasteiger partial charge is 0.136 e. The van der Waals surface area contributed by atoms with Crippen LogP contribution in [0.4, 0.5) is 0 Å². The molecule has 0 amide bonds. The van der Waals surface area contributed by atoms with Crippen molar-refractivity contribution in [2.45, 2.75) is 33.6 Å². The van der Waals surface area contributed by atoms with Crippen LogP contribution in [0.3, 0.4) is 0 Å². The maximum absolute atomic E-state index is 11.5. The lowest BCUT2D eigenvalue weighted by Crippen LogP contribution is -2.56. The Hall–Kier alpha value is -0.330. The lowest BCUT2D eigenvalue weighted by atomic mass is 9.45. The van der Waals surface area contributed by atoms with Gasteiger partial charge in [0.2, 0.25) is 0 Å². The summed E-state index contributed by atoms with van der Waals surface area (Å²) >= 11 is 0. The number of carbonyl (C=O) groups excluding carboxylic acids is 1. The topological polar surface area (TPSA) is 17.1 Å². The van der Waals surface area contributed by atoms with Gasteiger partial charge in [-0.1, -0.05) is 20.8 Å². The third-order valence-corrected chi connectivity index (χ3v) is 3.94. The standard InChI is InChI=1S/C10H16O/c1-6-4-9(11)8-5-7(6)10(8,2)3/h6-8H,4-5H2,1-3H3/t6?,7-,8+/m1/s1. The molecule has 1 nitrogen and oxygen atoms in total. The first-order chi connectivity index (χ1) is 5.03. The van der Waals surface area contributed by atoms with Gasteiger partial charge in [-0.2, -0.15) is 0 Å². The van der Waals surface area contributed by atoms with Gasteiger partial charge in [-0.25, -0.2) is 0 Å². The Morgan fingerprint density at radius 2 is 2.09 bits per heavy atom. The highest BCUT2D eigenvalue weighted by molar-refractivity contribution is 5.84. The summed E-state index contributed by atoms with van der Waals surface area (Å²) in [7, 11) is 0. The Morgan fingerprint density at radius 3 is 2.45 bits per heavy atom. The molecule has 0 aliphatic heterocycles. The Kier molecular flexibility index (Phi) is 1.25. The monoisotopic (exact) mass is 152 g/mol. The molecule has 0 heterocycles. The number of Topliss-reactive ketones (excluding diaryl/α,β-unsaturated/α-hetero) is 1. The highest BCUT2D eigenvalue weighted by Crippen LogP contribution is 2.59. The van der Waals surface area contributed by atoms with Gasteiger partial charge in [-0.05, 0) is 23.7 Å². The molecule has 3 rings (SSSR count). The molecule has 0 aromatic rings. The predicted octanol–water partition coefficient (Wildman–Crippen LogP) is 2.26. The Morgan fingerprint density at radius 1 is 1.45 bits per heavy atom. The Labute approximate surface area is 68.2 Å². The number of hydrogen-bond donors (Lipinski definition) is 0. The molecule has 1 unspecified atom stereocenters. The summed E-state index contributed by atoms with van der Waals surface area (Å²) in [4.78, 5) is 11.5. The van der Waals surface area contributed by atoms with Gasteiger partial charge in [0.05, 0.1) is 0 Å². The van der Waals surface area contributed by atoms with E-state index in [1.54, 1.807) is 0 Å². The summed E-state index contributed by atoms with van der Waals surface area (Å²) < 4.78 is 0. The van der Waals surface area contributed by atoms with Crippen molar-refractivity contribution < 1.29 is 4.79 Å². The lowest BCUT2D eigenvalue weighted by molar-refractivity contribution is -0.156. The molecule has 0 aromatic heterocycles. The average molecular weight is 152 g/mol. The molecule has 0 spiro atoms. The molecule has 11 heavy (non-hydrogen) atoms. The van der Waals surface area contributed by atoms with Crippen LogP contribution < -0.4 is 0 Å². The highest BCUT2D eigenvalue weighted by Gasteiger charge is 2.56. The largest absolute Gasteiger partial charge is 0.299 e. The van der Waals surface area contributed by atoms with E-state index in [0.717, 1.165) is 12.3 Å². The number of ketones is 1. The first kappa shape index (κ1) is 7.33. The summed E-state index contributed by atoms with van der Waals surface area (Å²) in [5, 5.41) is 0. The van der Waals surface area contributed by atoms with Crippen LogP contribution in [0.1, 0.15) is 33.6 Å². The van der Waals surface area contributed by atoms with Crippen LogP contribution in [0.5, 0.6) is 0 Å². The van der Waals surface area contributed by atoms with Gasteiger partial charge in [-0.3, -0.25) is 4.79 Å². The van der Waals surface area contributed by atoms with E-state index in [4.69, 9.17) is 0 Å². The van der Waals surface area contributed by atoms with Gasteiger partial charge in [-0.15, -0.1) is 0 Å². The van der Waals surface area contributed by atoms with Crippen molar-refractivity contribution in [3.05, 3.63) is 0 Å². The van der Waals surface area contributed by atoms with Crippen LogP contribution in [0, 0.1) is 23.2 Å². The molecule has 0 saturated heterocycles. The fourth-order valence-corrected chi connectivity index (χ4v) is 3.07. The van der Waals surface area contributed by atoms with Gasteiger partial charge in [0.15, 0.2) is 0 Å². The van der Waals surface area contributed by atoms with E-state index in [9.17, 15) is 4.79 Å². The molecule has 3 atom stereocenters. The van der Waals surface area contributed by atoms with E-state index in [-0.39, 0.29) is 0 Å². The van der Waals surface area contributed by atoms with Crippen LogP contribution in [0.25, 0.3) is 0 Å². The summed E-state index contributed by atoms with van der Waals surface area (Å²) in [6.07, 6.45) is 2.02. The van der Waals surface area contributed by atoms with Crippen LogP contribution in [-0.2, 0) is 4.79 Å². The maximum Gasteiger partial charge on any atom is 0.136 e. The van der Waals surface area contributed by atoms with Crippen molar-refractivity contribution in [2.24, 2.45) is 23.2 Å². The minimum Gasteiger partial charge on any atom is -0.299 e. The molecule has 3 fully saturated rings. The number of rotatable bonds is 0. The molecule has 3 aliphatic rings. The number of fused-ring (bicyclic) bond motifs is 2. The molecule has 2 bridgehead atoms. The van der Waals surface area contributed by atoms with Crippen LogP contribution in [0.2, 0.25) is 0 Å². The van der Waals surface area contributed by atoms with Crippen molar-refractivity contribution in [1.29, 1.82) is 0 Å². The summed E-state index contributed by atoms with van der Waals surface area (Å²) in [6, 6.07) is 0. The molecular weight excluding hydrogens is 136 g/mol. The van der Waals surface area contributed by atoms with Gasteiger partial charge in [0.1, 0.15) is 5.78 Å². The third kappa shape index (κ3) is 0.743. The van der Waals surface area contributed by atoms with Gasteiger partial charge in [0, 0.05) is 12.3 Å². The molecule has 0 aromatic carbocycles. The van der Waals surface area contributed by atoms with E-state index in [1.165, 1.54) is 6.42 Å². The fourth-order valence-electron chi connectivity index (χ4n) is 3.07. The van der Waals surface area contributed by atoms with E-state index >= 15 is 0 Å². The van der Waals surface area contributed by atoms with E-state index in [1.807, 2.05) is 0 Å². The molecular formula is C10H16O. The Bertz CT molecular complexity index is 205. The average Bonchev–Trinajstić information content (AvgIpc) is 1.84. The molecule has 0 radical (unpaired) electrons. The van der Waals surface area contributed by atoms with E-state index in [0.29, 0.717) is 23.0 Å². The first-order valence-corrected chi connectivity index (χ1v) is 4.56. The normalized spacial score (nSPS) is 46.8. The molecule has 0 N–H and O–H groups in total. The van der Waals surface area contributed by atoms with E-state index < -0.39 is 0 Å². The summed E-state index contributed by atoms with van der Waals surface area (Å²) in [5.41, 5.74) is 0.328. The predicted molar refractivity (Wildman–Crippen MR) is 44.2 cm³/mol. The van der Waals surface area contributed by atoms with Crippen LogP contribution in [0.15, 0.2) is 0 Å². The van der Waals surface area contributed by atoms with Crippen molar-refractivity contribution >= 4 is 5.78 Å². The zero-order chi connectivity index (χ0) is 8.22. The minimum absolute atomic E-state index is 0.328. The van der Waals surface area contributed by atoms with Gasteiger partial charge < -0.3 is 0 Å². The molecule has 62 valence electrons. The quantitative estimate of drug-likeness (QED) is 0.520. The highest BCUT2D eigenvalue weighted by atomic mass is 16.1. The van der Waals surface area contributed by atoms with Crippen LogP contribution in [-0.4, -0.2) is 5.78 Å². The lowest BCUT2D eigenvalue weighted by Gasteiger charge is -2.58. The summed E-state index contributed by atoms with van der Waals surface area (Å²) in [6.45, 7) is 6.72. The fraction of sp³-hybridized carbons (Fsp3) is 0.900. The minimum atomic E-state index is 0.328. The molecule has 1 heteroatoms. The number of hydrogen-bond acceptors (Lipinski definition) is 1. The summed E-state index contributed by atoms with van der Waals surface area (Å²) in [5.74, 6) is 2.39. The van der Waals surface area contributed by atoms with Gasteiger partial charge in [0.25, 0.3) is 0 Å². The number of carbonyl (C=O) groups is 1. The molecule has 3 aliphatic carbocycles. The second-order valence-electron chi connectivity index (χ2n) is 4.86. The van der Waals surface area contributed by atoms with Crippen molar-refractivity contribution in [1.82, 2.24) is 0 Å². The van der Waals surface area contributed by atoms with E-state index in [2.05, 4.69) is 20.8 Å². The molecule has 3 saturated carbocycles. The SMILES string of the molecule is CC1CC(=O)[C@@H]2C[C@H]1C2(C)C. The zero-order valence-electron chi connectivity index (χ0n) is 7.55. The first-order valence-electron chi connectivity index (χ1n) is 4.56. The zero-order valence-corrected chi connectivity index (χ0v) is 7.55. The second-order valence-corrected chi connectivity index (χ2v) is 4.86. The van der Waals surface area contributed by atoms with Crippen molar-refractivity contribution in [3.8, 4) is 0 Å². The Balaban J connectivity index is 2.26. The van der Waals surface area contributed by atoms with Crippen LogP contribution >= 0.6 is 0 Å².